The average Bonchev–Trinajstić information content (AvgIpc) is 3.55. The van der Waals surface area contributed by atoms with Gasteiger partial charge >= 0.3 is 0 Å². The Balaban J connectivity index is 1.40. The number of Topliss-reactive ketones (excluding diaryl/α,β-unsaturated/α-hetero) is 2. The van der Waals surface area contributed by atoms with E-state index in [1.807, 2.05) is 77.4 Å². The highest BCUT2D eigenvalue weighted by atomic mass is 16.3. The monoisotopic (exact) mass is 467 g/mol. The van der Waals surface area contributed by atoms with Crippen LogP contribution in [0.3, 0.4) is 0 Å². The van der Waals surface area contributed by atoms with E-state index < -0.39 is 0 Å². The van der Waals surface area contributed by atoms with Crippen molar-refractivity contribution in [2.45, 2.75) is 0 Å². The molecule has 36 heavy (non-hydrogen) atoms. The summed E-state index contributed by atoms with van der Waals surface area (Å²) in [7, 11) is 0. The van der Waals surface area contributed by atoms with Crippen LogP contribution in [0.5, 0.6) is 0 Å². The Hall–Kier alpha value is -5.10. The summed E-state index contributed by atoms with van der Waals surface area (Å²) in [6.45, 7) is 0. The second kappa shape index (κ2) is 7.71. The Morgan fingerprint density at radius 3 is 2.14 bits per heavy atom. The molecule has 6 heteroatoms. The predicted octanol–water partition coefficient (Wildman–Crippen LogP) is 6.30. The second-order valence-corrected chi connectivity index (χ2v) is 8.65. The van der Waals surface area contributed by atoms with Crippen LogP contribution < -0.4 is 0 Å². The lowest BCUT2D eigenvalue weighted by atomic mass is 10.0. The predicted molar refractivity (Wildman–Crippen MR) is 137 cm³/mol. The quantitative estimate of drug-likeness (QED) is 0.226. The molecule has 0 unspecified atom stereocenters. The molecule has 1 aliphatic carbocycles. The summed E-state index contributed by atoms with van der Waals surface area (Å²) < 4.78 is 7.95. The van der Waals surface area contributed by atoms with Crippen LogP contribution in [-0.2, 0) is 0 Å². The zero-order valence-electron chi connectivity index (χ0n) is 18.9. The normalized spacial score (nSPS) is 13.1. The number of aromatic nitrogens is 3. The summed E-state index contributed by atoms with van der Waals surface area (Å²) >= 11 is 0. The van der Waals surface area contributed by atoms with E-state index in [9.17, 15) is 9.59 Å². The van der Waals surface area contributed by atoms with Gasteiger partial charge < -0.3 is 4.42 Å². The van der Waals surface area contributed by atoms with Gasteiger partial charge in [0.1, 0.15) is 0 Å². The van der Waals surface area contributed by atoms with Gasteiger partial charge in [-0.05, 0) is 53.2 Å². The van der Waals surface area contributed by atoms with E-state index in [1.165, 1.54) is 0 Å². The molecular weight excluding hydrogens is 450 g/mol. The van der Waals surface area contributed by atoms with Gasteiger partial charge in [-0.3, -0.25) is 19.1 Å². The van der Waals surface area contributed by atoms with Crippen molar-refractivity contribution >= 4 is 39.6 Å². The van der Waals surface area contributed by atoms with Gasteiger partial charge in [-0.2, -0.15) is 4.98 Å². The average molecular weight is 467 g/mol. The molecule has 0 amide bonds. The van der Waals surface area contributed by atoms with Crippen molar-refractivity contribution in [1.82, 2.24) is 14.5 Å². The van der Waals surface area contributed by atoms with Gasteiger partial charge in [0.15, 0.2) is 22.8 Å². The van der Waals surface area contributed by atoms with Crippen molar-refractivity contribution in [1.29, 1.82) is 0 Å². The Kier molecular flexibility index (Phi) is 4.35. The summed E-state index contributed by atoms with van der Waals surface area (Å²) in [5.74, 6) is -0.103. The van der Waals surface area contributed by atoms with Crippen molar-refractivity contribution in [3.05, 3.63) is 120 Å². The number of fused-ring (bicyclic) bond motifs is 3. The lowest BCUT2D eigenvalue weighted by Crippen LogP contribution is -2.03. The molecule has 0 atom stereocenters. The third-order valence-electron chi connectivity index (χ3n) is 6.46. The molecule has 0 N–H and O–H groups in total. The molecule has 0 radical (unpaired) electrons. The zero-order chi connectivity index (χ0) is 24.2. The number of para-hydroxylation sites is 1. The third kappa shape index (κ3) is 3.05. The molecule has 0 bridgehead atoms. The van der Waals surface area contributed by atoms with Crippen LogP contribution >= 0.6 is 0 Å². The number of benzene rings is 3. The van der Waals surface area contributed by atoms with Gasteiger partial charge in [0.05, 0.1) is 16.8 Å². The molecule has 0 saturated carbocycles. The van der Waals surface area contributed by atoms with Crippen LogP contribution in [0.4, 0.5) is 0 Å². The Morgan fingerprint density at radius 1 is 0.778 bits per heavy atom. The molecule has 0 fully saturated rings. The van der Waals surface area contributed by atoms with Gasteiger partial charge in [0, 0.05) is 35.3 Å². The minimum Gasteiger partial charge on any atom is -0.434 e. The highest BCUT2D eigenvalue weighted by Crippen LogP contribution is 2.34. The lowest BCUT2D eigenvalue weighted by Gasteiger charge is -2.07. The highest BCUT2D eigenvalue weighted by Gasteiger charge is 2.34. The van der Waals surface area contributed by atoms with E-state index in [2.05, 4.69) is 4.98 Å². The summed E-state index contributed by atoms with van der Waals surface area (Å²) in [6, 6.07) is 26.5. The number of rotatable bonds is 3. The molecule has 1 aliphatic rings. The topological polar surface area (TPSA) is 78.0 Å². The Morgan fingerprint density at radius 2 is 1.47 bits per heavy atom. The van der Waals surface area contributed by atoms with Gasteiger partial charge in [0.2, 0.25) is 5.89 Å². The smallest absolute Gasteiger partial charge is 0.230 e. The number of hydrogen-bond acceptors (Lipinski definition) is 5. The fraction of sp³-hybridized carbons (Fsp3) is 0. The molecule has 3 heterocycles. The van der Waals surface area contributed by atoms with Gasteiger partial charge in [0.25, 0.3) is 0 Å². The second-order valence-electron chi connectivity index (χ2n) is 8.65. The number of pyridine rings is 1. The SMILES string of the molecule is O=C1C(=Cc2cc3oc(-c4cccnc4)nc3n2-c2ccccc2)C(=O)c2cc3ccccc3cc21. The summed E-state index contributed by atoms with van der Waals surface area (Å²) in [6.07, 6.45) is 5.03. The molecule has 3 aromatic carbocycles. The van der Waals surface area contributed by atoms with Crippen LogP contribution in [0.25, 0.3) is 45.2 Å². The first-order valence-electron chi connectivity index (χ1n) is 11.5. The van der Waals surface area contributed by atoms with E-state index in [1.54, 1.807) is 30.6 Å². The molecule has 0 spiro atoms. The Bertz CT molecular complexity index is 1810. The summed E-state index contributed by atoms with van der Waals surface area (Å²) in [5.41, 5.74) is 4.37. The van der Waals surface area contributed by atoms with Crippen molar-refractivity contribution in [2.24, 2.45) is 0 Å². The van der Waals surface area contributed by atoms with E-state index in [0.29, 0.717) is 33.9 Å². The highest BCUT2D eigenvalue weighted by molar-refractivity contribution is 6.42. The van der Waals surface area contributed by atoms with E-state index >= 15 is 0 Å². The first-order valence-corrected chi connectivity index (χ1v) is 11.5. The molecule has 6 aromatic rings. The number of allylic oxidation sites excluding steroid dienone is 1. The standard InChI is InChI=1S/C30H17N3O3/c34-27-23-13-18-7-4-5-8-19(18)14-24(23)28(35)25(27)15-22-16-26-29(33(22)21-10-2-1-3-11-21)32-30(36-26)20-9-6-12-31-17-20/h1-17H. The number of oxazole rings is 1. The lowest BCUT2D eigenvalue weighted by molar-refractivity contribution is 0.0990. The first kappa shape index (κ1) is 20.3. The molecule has 0 aliphatic heterocycles. The maximum atomic E-state index is 13.4. The Labute approximate surface area is 205 Å². The van der Waals surface area contributed by atoms with Crippen LogP contribution in [-0.4, -0.2) is 26.1 Å². The molecular formula is C30H17N3O3. The maximum Gasteiger partial charge on any atom is 0.230 e. The number of hydrogen-bond donors (Lipinski definition) is 0. The number of ketones is 2. The molecule has 7 rings (SSSR count). The summed E-state index contributed by atoms with van der Waals surface area (Å²) in [5, 5.41) is 1.85. The van der Waals surface area contributed by atoms with Crippen molar-refractivity contribution in [3.8, 4) is 17.1 Å². The minimum absolute atomic E-state index is 0.130. The van der Waals surface area contributed by atoms with Gasteiger partial charge in [-0.1, -0.05) is 42.5 Å². The fourth-order valence-corrected chi connectivity index (χ4v) is 4.75. The summed E-state index contributed by atoms with van der Waals surface area (Å²) in [4.78, 5) is 35.6. The van der Waals surface area contributed by atoms with Crippen LogP contribution in [0.2, 0.25) is 0 Å². The first-order chi connectivity index (χ1) is 17.7. The van der Waals surface area contributed by atoms with Crippen LogP contribution in [0, 0.1) is 0 Å². The van der Waals surface area contributed by atoms with E-state index in [4.69, 9.17) is 9.40 Å². The minimum atomic E-state index is -0.276. The molecule has 0 saturated heterocycles. The van der Waals surface area contributed by atoms with Crippen molar-refractivity contribution in [2.75, 3.05) is 0 Å². The number of nitrogens with zero attached hydrogens (tertiary/aromatic N) is 3. The van der Waals surface area contributed by atoms with Gasteiger partial charge in [-0.15, -0.1) is 0 Å². The number of carbonyl (C=O) groups is 2. The van der Waals surface area contributed by atoms with E-state index in [-0.39, 0.29) is 17.1 Å². The maximum absolute atomic E-state index is 13.4. The zero-order valence-corrected chi connectivity index (χ0v) is 18.9. The third-order valence-corrected chi connectivity index (χ3v) is 6.46. The van der Waals surface area contributed by atoms with Crippen LogP contribution in [0.15, 0.2) is 107 Å². The van der Waals surface area contributed by atoms with Crippen molar-refractivity contribution < 1.29 is 14.0 Å². The molecule has 3 aromatic heterocycles. The van der Waals surface area contributed by atoms with Crippen LogP contribution in [0.1, 0.15) is 26.4 Å². The fourth-order valence-electron chi connectivity index (χ4n) is 4.75. The molecule has 6 nitrogen and oxygen atoms in total. The van der Waals surface area contributed by atoms with Gasteiger partial charge in [-0.25, -0.2) is 0 Å². The number of carbonyl (C=O) groups excluding carboxylic acids is 2. The van der Waals surface area contributed by atoms with Crippen molar-refractivity contribution in [3.63, 3.8) is 0 Å². The largest absolute Gasteiger partial charge is 0.434 e. The van der Waals surface area contributed by atoms with E-state index in [0.717, 1.165) is 22.0 Å². The molecule has 170 valence electrons.